The molecule has 1 fully saturated rings. The Labute approximate surface area is 164 Å². The number of piperazine rings is 1. The van der Waals surface area contributed by atoms with Crippen molar-refractivity contribution in [2.45, 2.75) is 13.5 Å². The lowest BCUT2D eigenvalue weighted by Gasteiger charge is -2.33. The summed E-state index contributed by atoms with van der Waals surface area (Å²) >= 11 is 1.57. The van der Waals surface area contributed by atoms with E-state index in [9.17, 15) is 4.39 Å². The predicted octanol–water partition coefficient (Wildman–Crippen LogP) is 2.61. The van der Waals surface area contributed by atoms with Crippen molar-refractivity contribution < 1.29 is 8.91 Å². The lowest BCUT2D eigenvalue weighted by atomic mass is 10.2. The average molecular weight is 399 g/mol. The van der Waals surface area contributed by atoms with Crippen LogP contribution in [0.3, 0.4) is 0 Å². The van der Waals surface area contributed by atoms with Gasteiger partial charge in [-0.05, 0) is 24.3 Å². The summed E-state index contributed by atoms with van der Waals surface area (Å²) in [7, 11) is 0. The quantitative estimate of drug-likeness (QED) is 0.522. The fraction of sp³-hybridized carbons (Fsp3) is 0.333. The molecule has 5 rings (SSSR count). The van der Waals surface area contributed by atoms with Crippen LogP contribution in [0.4, 0.5) is 9.52 Å². The lowest BCUT2D eigenvalue weighted by Crippen LogP contribution is -2.46. The normalized spacial score (nSPS) is 15.6. The van der Waals surface area contributed by atoms with Gasteiger partial charge in [0.25, 0.3) is 0 Å². The number of hydrogen-bond donors (Lipinski definition) is 0. The highest BCUT2D eigenvalue weighted by molar-refractivity contribution is 7.20. The minimum absolute atomic E-state index is 0.251. The van der Waals surface area contributed by atoms with Gasteiger partial charge in [0.05, 0.1) is 18.4 Å². The summed E-state index contributed by atoms with van der Waals surface area (Å²) in [4.78, 5) is 14.3. The molecule has 0 aliphatic carbocycles. The largest absolute Gasteiger partial charge is 0.344 e. The van der Waals surface area contributed by atoms with Crippen molar-refractivity contribution in [2.24, 2.45) is 0 Å². The van der Waals surface area contributed by atoms with Crippen molar-refractivity contribution >= 4 is 21.4 Å². The van der Waals surface area contributed by atoms with Crippen LogP contribution in [0.25, 0.3) is 16.2 Å². The number of aromatic nitrogens is 5. The number of imidazole rings is 1. The Morgan fingerprint density at radius 2 is 1.89 bits per heavy atom. The van der Waals surface area contributed by atoms with Gasteiger partial charge in [0, 0.05) is 38.7 Å². The van der Waals surface area contributed by atoms with Crippen LogP contribution < -0.4 is 4.90 Å². The zero-order valence-electron chi connectivity index (χ0n) is 15.2. The van der Waals surface area contributed by atoms with Gasteiger partial charge in [-0.25, -0.2) is 13.9 Å². The maximum atomic E-state index is 13.1. The van der Waals surface area contributed by atoms with E-state index in [1.165, 1.54) is 12.1 Å². The van der Waals surface area contributed by atoms with Crippen molar-refractivity contribution in [1.29, 1.82) is 0 Å². The molecule has 10 heteroatoms. The van der Waals surface area contributed by atoms with Crippen LogP contribution >= 0.6 is 11.3 Å². The van der Waals surface area contributed by atoms with Gasteiger partial charge in [0.1, 0.15) is 5.82 Å². The van der Waals surface area contributed by atoms with E-state index in [1.54, 1.807) is 34.9 Å². The molecule has 0 bridgehead atoms. The summed E-state index contributed by atoms with van der Waals surface area (Å²) in [6, 6.07) is 6.34. The molecule has 0 spiro atoms. The maximum absolute atomic E-state index is 13.1. The second-order valence-electron chi connectivity index (χ2n) is 6.74. The lowest BCUT2D eigenvalue weighted by molar-refractivity contribution is 0.240. The molecule has 0 unspecified atom stereocenters. The van der Waals surface area contributed by atoms with E-state index >= 15 is 0 Å². The molecule has 1 aliphatic rings. The monoisotopic (exact) mass is 399 g/mol. The van der Waals surface area contributed by atoms with E-state index in [2.05, 4.69) is 30.0 Å². The number of hydrogen-bond acceptors (Lipinski definition) is 8. The van der Waals surface area contributed by atoms with Gasteiger partial charge in [-0.3, -0.25) is 4.90 Å². The number of anilines is 1. The number of halogens is 1. The highest BCUT2D eigenvalue weighted by Gasteiger charge is 2.22. The fourth-order valence-corrected chi connectivity index (χ4v) is 4.21. The Morgan fingerprint density at radius 1 is 1.11 bits per heavy atom. The van der Waals surface area contributed by atoms with Crippen molar-refractivity contribution in [3.05, 3.63) is 48.0 Å². The number of rotatable bonds is 4. The van der Waals surface area contributed by atoms with E-state index < -0.39 is 0 Å². The zero-order valence-corrected chi connectivity index (χ0v) is 16.1. The molecular formula is C18H18FN7OS. The standard InChI is InChI=1S/C18H18FN7OS/c1-12-20-16(23-27-12)11-24-6-8-25(9-7-24)18-22-26-10-15(21-17(26)28-18)13-2-4-14(19)5-3-13/h2-5,10H,6-9,11H2,1H3. The molecule has 4 heterocycles. The number of nitrogens with zero attached hydrogens (tertiary/aromatic N) is 7. The molecule has 0 radical (unpaired) electrons. The smallest absolute Gasteiger partial charge is 0.223 e. The molecule has 1 saturated heterocycles. The minimum Gasteiger partial charge on any atom is -0.344 e. The average Bonchev–Trinajstić information content (AvgIpc) is 3.38. The van der Waals surface area contributed by atoms with Crippen LogP contribution in [0.15, 0.2) is 35.0 Å². The van der Waals surface area contributed by atoms with E-state index in [-0.39, 0.29) is 5.82 Å². The van der Waals surface area contributed by atoms with Gasteiger partial charge in [0.15, 0.2) is 5.82 Å². The first-order valence-corrected chi connectivity index (χ1v) is 9.84. The van der Waals surface area contributed by atoms with Gasteiger partial charge in [-0.15, -0.1) is 5.10 Å². The molecule has 3 aromatic heterocycles. The van der Waals surface area contributed by atoms with E-state index in [0.29, 0.717) is 12.4 Å². The topological polar surface area (TPSA) is 75.6 Å². The van der Waals surface area contributed by atoms with Crippen LogP contribution in [0.5, 0.6) is 0 Å². The summed E-state index contributed by atoms with van der Waals surface area (Å²) in [5.74, 6) is 1.07. The first-order chi connectivity index (χ1) is 13.6. The third kappa shape index (κ3) is 3.36. The Bertz CT molecular complexity index is 1060. The highest BCUT2D eigenvalue weighted by Crippen LogP contribution is 2.27. The Balaban J connectivity index is 1.25. The van der Waals surface area contributed by atoms with Gasteiger partial charge in [-0.2, -0.15) is 4.98 Å². The van der Waals surface area contributed by atoms with Crippen molar-refractivity contribution in [3.63, 3.8) is 0 Å². The molecule has 8 nitrogen and oxygen atoms in total. The van der Waals surface area contributed by atoms with Crippen LogP contribution in [-0.4, -0.2) is 55.8 Å². The van der Waals surface area contributed by atoms with Crippen LogP contribution in [0.1, 0.15) is 11.7 Å². The zero-order chi connectivity index (χ0) is 19.1. The van der Waals surface area contributed by atoms with Crippen LogP contribution in [0.2, 0.25) is 0 Å². The van der Waals surface area contributed by atoms with Gasteiger partial charge < -0.3 is 9.42 Å². The van der Waals surface area contributed by atoms with E-state index in [1.807, 2.05) is 6.20 Å². The van der Waals surface area contributed by atoms with Crippen LogP contribution in [-0.2, 0) is 6.54 Å². The third-order valence-electron chi connectivity index (χ3n) is 4.75. The van der Waals surface area contributed by atoms with Gasteiger partial charge >= 0.3 is 0 Å². The summed E-state index contributed by atoms with van der Waals surface area (Å²) in [5.41, 5.74) is 1.68. The van der Waals surface area contributed by atoms with Gasteiger partial charge in [0.2, 0.25) is 16.0 Å². The second kappa shape index (κ2) is 6.95. The molecule has 0 atom stereocenters. The molecule has 0 amide bonds. The van der Waals surface area contributed by atoms with Crippen molar-refractivity contribution in [3.8, 4) is 11.3 Å². The van der Waals surface area contributed by atoms with E-state index in [4.69, 9.17) is 4.52 Å². The molecule has 0 N–H and O–H groups in total. The van der Waals surface area contributed by atoms with Gasteiger partial charge in [-0.1, -0.05) is 16.5 Å². The SMILES string of the molecule is Cc1nc(CN2CCN(c3nn4cc(-c5ccc(F)cc5)nc4s3)CC2)no1. The van der Waals surface area contributed by atoms with E-state index in [0.717, 1.165) is 53.4 Å². The maximum Gasteiger partial charge on any atom is 0.223 e. The Hall–Kier alpha value is -2.85. The summed E-state index contributed by atoms with van der Waals surface area (Å²) in [6.07, 6.45) is 1.89. The fourth-order valence-electron chi connectivity index (χ4n) is 3.28. The molecular weight excluding hydrogens is 381 g/mol. The molecule has 1 aliphatic heterocycles. The number of benzene rings is 1. The van der Waals surface area contributed by atoms with Crippen molar-refractivity contribution in [2.75, 3.05) is 31.1 Å². The first-order valence-electron chi connectivity index (χ1n) is 9.03. The molecule has 1 aromatic carbocycles. The Morgan fingerprint density at radius 3 is 2.57 bits per heavy atom. The molecule has 28 heavy (non-hydrogen) atoms. The summed E-state index contributed by atoms with van der Waals surface area (Å²) in [5, 5.41) is 9.60. The number of aryl methyl sites for hydroxylation is 1. The molecule has 144 valence electrons. The predicted molar refractivity (Wildman–Crippen MR) is 103 cm³/mol. The summed E-state index contributed by atoms with van der Waals surface area (Å²) < 4.78 is 19.9. The summed E-state index contributed by atoms with van der Waals surface area (Å²) in [6.45, 7) is 6.10. The highest BCUT2D eigenvalue weighted by atomic mass is 32.1. The first kappa shape index (κ1) is 17.3. The minimum atomic E-state index is -0.251. The van der Waals surface area contributed by atoms with Crippen LogP contribution in [0, 0.1) is 12.7 Å². The third-order valence-corrected chi connectivity index (χ3v) is 5.73. The van der Waals surface area contributed by atoms with Crippen molar-refractivity contribution in [1.82, 2.24) is 29.6 Å². The second-order valence-corrected chi connectivity index (χ2v) is 7.67. The number of fused-ring (bicyclic) bond motifs is 1. The molecule has 4 aromatic rings. The molecule has 0 saturated carbocycles. The Kier molecular flexibility index (Phi) is 4.29.